The quantitative estimate of drug-likeness (QED) is 0.0445. The molecule has 0 radical (unpaired) electrons. The summed E-state index contributed by atoms with van der Waals surface area (Å²) >= 11 is 0. The molecule has 4 heteroatoms. The molecule has 0 aliphatic heterocycles. The van der Waals surface area contributed by atoms with Crippen molar-refractivity contribution in [3.8, 4) is 0 Å². The first-order valence-corrected chi connectivity index (χ1v) is 21.7. The van der Waals surface area contributed by atoms with Crippen LogP contribution in [0.15, 0.2) is 36.5 Å². The number of carbonyl (C=O) groups is 1. The fourth-order valence-corrected chi connectivity index (χ4v) is 6.50. The van der Waals surface area contributed by atoms with Crippen LogP contribution in [-0.2, 0) is 4.79 Å². The third-order valence-electron chi connectivity index (χ3n) is 9.85. The van der Waals surface area contributed by atoms with E-state index in [2.05, 4.69) is 43.5 Å². The van der Waals surface area contributed by atoms with Crippen molar-refractivity contribution in [1.29, 1.82) is 0 Å². The average Bonchev–Trinajstić information content (AvgIpc) is 3.10. The highest BCUT2D eigenvalue weighted by Gasteiger charge is 2.17. The fraction of sp³-hybridized carbons (Fsp3) is 0.844. The summed E-state index contributed by atoms with van der Waals surface area (Å²) in [7, 11) is 0. The van der Waals surface area contributed by atoms with E-state index >= 15 is 0 Å². The SMILES string of the molecule is CCCCCC/C=C/CC/C=C/CC/C=C/C(O)C(CO)NC(=O)CCCCCCCCCCCCCCCCCCCCCCCCC. The predicted octanol–water partition coefficient (Wildman–Crippen LogP) is 13.4. The molecular formula is C45H85NO3. The Labute approximate surface area is 306 Å². The second-order valence-corrected chi connectivity index (χ2v) is 14.8. The summed E-state index contributed by atoms with van der Waals surface area (Å²) in [6.45, 7) is 4.28. The Morgan fingerprint density at radius 2 is 0.796 bits per heavy atom. The van der Waals surface area contributed by atoms with Crippen LogP contribution >= 0.6 is 0 Å². The molecule has 0 aromatic rings. The van der Waals surface area contributed by atoms with Crippen LogP contribution in [0.2, 0.25) is 0 Å². The molecule has 0 aliphatic rings. The molecule has 3 N–H and O–H groups in total. The third kappa shape index (κ3) is 37.7. The van der Waals surface area contributed by atoms with Crippen molar-refractivity contribution in [2.75, 3.05) is 6.61 Å². The number of rotatable bonds is 39. The monoisotopic (exact) mass is 688 g/mol. The Bertz CT molecular complexity index is 746. The molecular weight excluding hydrogens is 602 g/mol. The van der Waals surface area contributed by atoms with Crippen molar-refractivity contribution in [3.05, 3.63) is 36.5 Å². The molecule has 49 heavy (non-hydrogen) atoms. The van der Waals surface area contributed by atoms with Gasteiger partial charge in [0, 0.05) is 6.42 Å². The van der Waals surface area contributed by atoms with Gasteiger partial charge in [-0.05, 0) is 44.9 Å². The van der Waals surface area contributed by atoms with E-state index in [1.54, 1.807) is 6.08 Å². The normalized spacial score (nSPS) is 13.3. The Balaban J connectivity index is 3.55. The van der Waals surface area contributed by atoms with E-state index in [1.807, 2.05) is 6.08 Å². The van der Waals surface area contributed by atoms with Crippen molar-refractivity contribution < 1.29 is 15.0 Å². The standard InChI is InChI=1S/C45H85NO3/c1-3-5-7-9-11-13-15-17-19-20-21-22-23-24-25-26-27-29-31-33-35-37-39-41-45(49)46-43(42-47)44(48)40-38-36-34-32-30-28-18-16-14-12-10-8-6-4-2/h14,16,30,32,38,40,43-44,47-48H,3-13,15,17-29,31,33-37,39,41-42H2,1-2H3,(H,46,49)/b16-14+,32-30+,40-38+. The number of aliphatic hydroxyl groups excluding tert-OH is 2. The van der Waals surface area contributed by atoms with Crippen LogP contribution in [0.4, 0.5) is 0 Å². The highest BCUT2D eigenvalue weighted by atomic mass is 16.3. The minimum Gasteiger partial charge on any atom is -0.394 e. The number of amides is 1. The summed E-state index contributed by atoms with van der Waals surface area (Å²) in [4.78, 5) is 12.4. The first-order chi connectivity index (χ1) is 24.2. The molecule has 0 rings (SSSR count). The lowest BCUT2D eigenvalue weighted by Crippen LogP contribution is -2.45. The van der Waals surface area contributed by atoms with E-state index in [4.69, 9.17) is 0 Å². The molecule has 0 saturated heterocycles. The van der Waals surface area contributed by atoms with E-state index in [9.17, 15) is 15.0 Å². The largest absolute Gasteiger partial charge is 0.394 e. The van der Waals surface area contributed by atoms with E-state index in [-0.39, 0.29) is 12.5 Å². The van der Waals surface area contributed by atoms with Crippen LogP contribution in [0, 0.1) is 0 Å². The molecule has 0 aromatic carbocycles. The summed E-state index contributed by atoms with van der Waals surface area (Å²) in [5.74, 6) is -0.0760. The molecule has 2 atom stereocenters. The van der Waals surface area contributed by atoms with Gasteiger partial charge in [-0.1, -0.05) is 211 Å². The summed E-state index contributed by atoms with van der Waals surface area (Å²) in [6, 6.07) is -0.641. The van der Waals surface area contributed by atoms with Gasteiger partial charge in [0.15, 0.2) is 0 Å². The minimum atomic E-state index is -0.866. The van der Waals surface area contributed by atoms with E-state index in [1.165, 1.54) is 167 Å². The third-order valence-corrected chi connectivity index (χ3v) is 9.85. The summed E-state index contributed by atoms with van der Waals surface area (Å²) in [6.07, 6.45) is 54.0. The lowest BCUT2D eigenvalue weighted by atomic mass is 10.0. The second kappa shape index (κ2) is 41.0. The van der Waals surface area contributed by atoms with Crippen molar-refractivity contribution in [1.82, 2.24) is 5.32 Å². The minimum absolute atomic E-state index is 0.0760. The van der Waals surface area contributed by atoms with Crippen molar-refractivity contribution in [3.63, 3.8) is 0 Å². The van der Waals surface area contributed by atoms with Gasteiger partial charge in [0.05, 0.1) is 18.8 Å². The van der Waals surface area contributed by atoms with Crippen LogP contribution in [0.5, 0.6) is 0 Å². The number of hydrogen-bond acceptors (Lipinski definition) is 3. The fourth-order valence-electron chi connectivity index (χ4n) is 6.50. The van der Waals surface area contributed by atoms with Gasteiger partial charge in [-0.3, -0.25) is 4.79 Å². The smallest absolute Gasteiger partial charge is 0.220 e. The van der Waals surface area contributed by atoms with Gasteiger partial charge in [-0.2, -0.15) is 0 Å². The summed E-state index contributed by atoms with van der Waals surface area (Å²) < 4.78 is 0. The molecule has 0 heterocycles. The maximum absolute atomic E-state index is 12.4. The van der Waals surface area contributed by atoms with E-state index < -0.39 is 12.1 Å². The van der Waals surface area contributed by atoms with Crippen molar-refractivity contribution in [2.24, 2.45) is 0 Å². The van der Waals surface area contributed by atoms with Crippen LogP contribution in [-0.4, -0.2) is 34.9 Å². The highest BCUT2D eigenvalue weighted by Crippen LogP contribution is 2.16. The molecule has 0 bridgehead atoms. The highest BCUT2D eigenvalue weighted by molar-refractivity contribution is 5.76. The molecule has 0 saturated carbocycles. The first-order valence-electron chi connectivity index (χ1n) is 21.7. The van der Waals surface area contributed by atoms with Crippen LogP contribution in [0.25, 0.3) is 0 Å². The van der Waals surface area contributed by atoms with Gasteiger partial charge in [-0.25, -0.2) is 0 Å². The Hall–Kier alpha value is -1.39. The zero-order valence-corrected chi connectivity index (χ0v) is 33.0. The zero-order valence-electron chi connectivity index (χ0n) is 33.0. The van der Waals surface area contributed by atoms with Gasteiger partial charge in [0.25, 0.3) is 0 Å². The Kier molecular flexibility index (Phi) is 39.9. The zero-order chi connectivity index (χ0) is 35.7. The molecule has 0 spiro atoms. The Morgan fingerprint density at radius 3 is 1.18 bits per heavy atom. The second-order valence-electron chi connectivity index (χ2n) is 14.8. The van der Waals surface area contributed by atoms with Crippen LogP contribution in [0.3, 0.4) is 0 Å². The van der Waals surface area contributed by atoms with Crippen LogP contribution < -0.4 is 5.32 Å². The first kappa shape index (κ1) is 47.6. The Morgan fingerprint density at radius 1 is 0.469 bits per heavy atom. The number of carbonyl (C=O) groups excluding carboxylic acids is 1. The van der Waals surface area contributed by atoms with Gasteiger partial charge >= 0.3 is 0 Å². The maximum atomic E-state index is 12.4. The summed E-state index contributed by atoms with van der Waals surface area (Å²) in [5, 5.41) is 22.9. The molecule has 0 aliphatic carbocycles. The van der Waals surface area contributed by atoms with Crippen molar-refractivity contribution in [2.45, 2.75) is 238 Å². The lowest BCUT2D eigenvalue weighted by molar-refractivity contribution is -0.123. The van der Waals surface area contributed by atoms with Gasteiger partial charge < -0.3 is 15.5 Å². The maximum Gasteiger partial charge on any atom is 0.220 e. The van der Waals surface area contributed by atoms with Crippen molar-refractivity contribution >= 4 is 5.91 Å². The number of unbranched alkanes of at least 4 members (excludes halogenated alkanes) is 28. The molecule has 2 unspecified atom stereocenters. The average molecular weight is 688 g/mol. The molecule has 1 amide bonds. The van der Waals surface area contributed by atoms with Gasteiger partial charge in [0.2, 0.25) is 5.91 Å². The van der Waals surface area contributed by atoms with E-state index in [0.717, 1.165) is 38.5 Å². The molecule has 0 aromatic heterocycles. The number of aliphatic hydroxyl groups is 2. The molecule has 288 valence electrons. The van der Waals surface area contributed by atoms with E-state index in [0.29, 0.717) is 6.42 Å². The predicted molar refractivity (Wildman–Crippen MR) is 216 cm³/mol. The topological polar surface area (TPSA) is 69.6 Å². The number of nitrogens with one attached hydrogen (secondary N) is 1. The molecule has 4 nitrogen and oxygen atoms in total. The lowest BCUT2D eigenvalue weighted by Gasteiger charge is -2.19. The van der Waals surface area contributed by atoms with Gasteiger partial charge in [-0.15, -0.1) is 0 Å². The number of allylic oxidation sites excluding steroid dienone is 5. The number of hydrogen-bond donors (Lipinski definition) is 3. The molecule has 0 fully saturated rings. The van der Waals surface area contributed by atoms with Crippen LogP contribution in [0.1, 0.15) is 226 Å². The summed E-state index contributed by atoms with van der Waals surface area (Å²) in [5.41, 5.74) is 0. The van der Waals surface area contributed by atoms with Gasteiger partial charge in [0.1, 0.15) is 0 Å².